The van der Waals surface area contributed by atoms with Gasteiger partial charge in [0, 0.05) is 13.7 Å². The second kappa shape index (κ2) is 5.95. The molecule has 0 amide bonds. The zero-order chi connectivity index (χ0) is 13.0. The fraction of sp³-hybridized carbons (Fsp3) is 0.692. The third kappa shape index (κ3) is 2.82. The van der Waals surface area contributed by atoms with E-state index in [1.54, 1.807) is 13.2 Å². The first-order valence-electron chi connectivity index (χ1n) is 6.37. The van der Waals surface area contributed by atoms with Crippen LogP contribution in [0.2, 0.25) is 5.15 Å². The maximum absolute atomic E-state index is 6.06. The van der Waals surface area contributed by atoms with Crippen LogP contribution in [0.3, 0.4) is 0 Å². The molecule has 5 heteroatoms. The average molecular weight is 271 g/mol. The molecule has 1 aliphatic carbocycles. The van der Waals surface area contributed by atoms with Crippen molar-refractivity contribution in [1.82, 2.24) is 9.97 Å². The Kier molecular flexibility index (Phi) is 4.54. The Morgan fingerprint density at radius 3 is 2.67 bits per heavy atom. The van der Waals surface area contributed by atoms with Crippen LogP contribution in [0.5, 0.6) is 0 Å². The third-order valence-corrected chi connectivity index (χ3v) is 3.47. The van der Waals surface area contributed by atoms with Gasteiger partial charge in [0.05, 0.1) is 12.3 Å². The van der Waals surface area contributed by atoms with Crippen LogP contribution < -0.4 is 0 Å². The first-order chi connectivity index (χ1) is 8.70. The van der Waals surface area contributed by atoms with Crippen molar-refractivity contribution in [2.24, 2.45) is 0 Å². The van der Waals surface area contributed by atoms with Gasteiger partial charge in [-0.2, -0.15) is 0 Å². The molecule has 0 radical (unpaired) electrons. The Labute approximate surface area is 113 Å². The fourth-order valence-corrected chi connectivity index (χ4v) is 2.75. The van der Waals surface area contributed by atoms with Gasteiger partial charge in [0.15, 0.2) is 5.82 Å². The molecule has 0 bridgehead atoms. The van der Waals surface area contributed by atoms with E-state index in [1.807, 2.05) is 6.92 Å². The molecule has 0 aliphatic heterocycles. The number of hydrogen-bond donors (Lipinski definition) is 0. The molecule has 4 nitrogen and oxygen atoms in total. The van der Waals surface area contributed by atoms with Gasteiger partial charge in [-0.3, -0.25) is 0 Å². The van der Waals surface area contributed by atoms with Crippen molar-refractivity contribution in [1.29, 1.82) is 0 Å². The number of hydrogen-bond acceptors (Lipinski definition) is 4. The molecule has 18 heavy (non-hydrogen) atoms. The van der Waals surface area contributed by atoms with Crippen LogP contribution in [0.4, 0.5) is 0 Å². The maximum atomic E-state index is 6.06. The number of nitrogens with zero attached hydrogens (tertiary/aromatic N) is 2. The van der Waals surface area contributed by atoms with E-state index < -0.39 is 0 Å². The highest BCUT2D eigenvalue weighted by Gasteiger charge is 2.39. The van der Waals surface area contributed by atoms with Crippen molar-refractivity contribution in [3.05, 3.63) is 22.7 Å². The summed E-state index contributed by atoms with van der Waals surface area (Å²) in [6, 6.07) is 1.74. The van der Waals surface area contributed by atoms with Gasteiger partial charge in [-0.05, 0) is 38.7 Å². The normalized spacial score (nSPS) is 18.2. The van der Waals surface area contributed by atoms with Crippen LogP contribution in [0.15, 0.2) is 6.07 Å². The first-order valence-corrected chi connectivity index (χ1v) is 6.75. The maximum Gasteiger partial charge on any atom is 0.162 e. The van der Waals surface area contributed by atoms with Crippen molar-refractivity contribution in [3.8, 4) is 0 Å². The van der Waals surface area contributed by atoms with Gasteiger partial charge in [-0.15, -0.1) is 0 Å². The minimum Gasteiger partial charge on any atom is -0.378 e. The number of halogens is 1. The number of methoxy groups -OCH3 is 1. The summed E-state index contributed by atoms with van der Waals surface area (Å²) in [5.41, 5.74) is 0.459. The van der Waals surface area contributed by atoms with Crippen LogP contribution in [0.25, 0.3) is 0 Å². The summed E-state index contributed by atoms with van der Waals surface area (Å²) in [7, 11) is 1.64. The molecular weight excluding hydrogens is 252 g/mol. The van der Waals surface area contributed by atoms with Crippen LogP contribution in [0, 0.1) is 0 Å². The molecule has 0 saturated heterocycles. The molecule has 1 aromatic rings. The molecule has 2 rings (SSSR count). The van der Waals surface area contributed by atoms with Crippen molar-refractivity contribution in [2.75, 3.05) is 13.7 Å². The van der Waals surface area contributed by atoms with E-state index in [4.69, 9.17) is 21.1 Å². The second-order valence-corrected chi connectivity index (χ2v) is 4.96. The molecule has 1 aliphatic rings. The standard InChI is InChI=1S/C13H19ClN2O2/c1-3-18-13(6-4-5-7-13)12-15-10(9-17-2)8-11(14)16-12/h8H,3-7,9H2,1-2H3. The Morgan fingerprint density at radius 2 is 2.06 bits per heavy atom. The summed E-state index contributed by atoms with van der Waals surface area (Å²) in [4.78, 5) is 8.91. The van der Waals surface area contributed by atoms with E-state index in [9.17, 15) is 0 Å². The number of rotatable bonds is 5. The monoisotopic (exact) mass is 270 g/mol. The van der Waals surface area contributed by atoms with E-state index >= 15 is 0 Å². The SMILES string of the molecule is CCOC1(c2nc(Cl)cc(COC)n2)CCCC1. The predicted octanol–water partition coefficient (Wildman–Crippen LogP) is 3.08. The summed E-state index contributed by atoms with van der Waals surface area (Å²) in [6.07, 6.45) is 4.23. The molecular formula is C13H19ClN2O2. The zero-order valence-corrected chi connectivity index (χ0v) is 11.7. The van der Waals surface area contributed by atoms with Crippen molar-refractivity contribution < 1.29 is 9.47 Å². The van der Waals surface area contributed by atoms with Crippen molar-refractivity contribution in [3.63, 3.8) is 0 Å². The topological polar surface area (TPSA) is 44.2 Å². The first kappa shape index (κ1) is 13.7. The van der Waals surface area contributed by atoms with Crippen LogP contribution in [0.1, 0.15) is 44.1 Å². The van der Waals surface area contributed by atoms with Crippen LogP contribution in [-0.4, -0.2) is 23.7 Å². The molecule has 0 unspecified atom stereocenters. The average Bonchev–Trinajstić information content (AvgIpc) is 2.79. The highest BCUT2D eigenvalue weighted by Crippen LogP contribution is 2.40. The molecule has 1 fully saturated rings. The second-order valence-electron chi connectivity index (χ2n) is 4.57. The van der Waals surface area contributed by atoms with Crippen LogP contribution >= 0.6 is 11.6 Å². The van der Waals surface area contributed by atoms with Gasteiger partial charge in [-0.1, -0.05) is 11.6 Å². The Bertz CT molecular complexity index is 406. The summed E-state index contributed by atoms with van der Waals surface area (Å²) < 4.78 is 11.0. The van der Waals surface area contributed by atoms with Gasteiger partial charge < -0.3 is 9.47 Å². The lowest BCUT2D eigenvalue weighted by molar-refractivity contribution is -0.0460. The molecule has 0 aromatic carbocycles. The number of ether oxygens (including phenoxy) is 2. The summed E-state index contributed by atoms with van der Waals surface area (Å²) in [6.45, 7) is 3.10. The quantitative estimate of drug-likeness (QED) is 0.772. The van der Waals surface area contributed by atoms with E-state index in [0.717, 1.165) is 31.4 Å². The van der Waals surface area contributed by atoms with E-state index in [0.29, 0.717) is 24.2 Å². The Hall–Kier alpha value is -0.710. The minimum atomic E-state index is -0.345. The van der Waals surface area contributed by atoms with Crippen molar-refractivity contribution >= 4 is 11.6 Å². The third-order valence-electron chi connectivity index (χ3n) is 3.28. The summed E-state index contributed by atoms with van der Waals surface area (Å²) in [5.74, 6) is 0.710. The highest BCUT2D eigenvalue weighted by molar-refractivity contribution is 6.29. The van der Waals surface area contributed by atoms with E-state index in [-0.39, 0.29) is 5.60 Å². The van der Waals surface area contributed by atoms with Gasteiger partial charge in [0.2, 0.25) is 0 Å². The lowest BCUT2D eigenvalue weighted by Gasteiger charge is -2.27. The molecule has 1 aromatic heterocycles. The largest absolute Gasteiger partial charge is 0.378 e. The molecule has 0 atom stereocenters. The lowest BCUT2D eigenvalue weighted by Crippen LogP contribution is -2.29. The molecule has 100 valence electrons. The smallest absolute Gasteiger partial charge is 0.162 e. The lowest BCUT2D eigenvalue weighted by atomic mass is 10.0. The molecule has 1 saturated carbocycles. The Morgan fingerprint density at radius 1 is 1.33 bits per heavy atom. The summed E-state index contributed by atoms with van der Waals surface area (Å²) >= 11 is 6.06. The minimum absolute atomic E-state index is 0.345. The highest BCUT2D eigenvalue weighted by atomic mass is 35.5. The van der Waals surface area contributed by atoms with Crippen LogP contribution in [-0.2, 0) is 21.7 Å². The molecule has 0 N–H and O–H groups in total. The fourth-order valence-electron chi connectivity index (χ4n) is 2.54. The van der Waals surface area contributed by atoms with E-state index in [2.05, 4.69) is 9.97 Å². The van der Waals surface area contributed by atoms with E-state index in [1.165, 1.54) is 0 Å². The predicted molar refractivity (Wildman–Crippen MR) is 69.5 cm³/mol. The van der Waals surface area contributed by atoms with Gasteiger partial charge in [0.1, 0.15) is 10.8 Å². The van der Waals surface area contributed by atoms with Gasteiger partial charge in [-0.25, -0.2) is 9.97 Å². The van der Waals surface area contributed by atoms with Crippen molar-refractivity contribution in [2.45, 2.75) is 44.8 Å². The summed E-state index contributed by atoms with van der Waals surface area (Å²) in [5, 5.41) is 0.457. The number of aromatic nitrogens is 2. The molecule has 1 heterocycles. The van der Waals surface area contributed by atoms with Gasteiger partial charge in [0.25, 0.3) is 0 Å². The van der Waals surface area contributed by atoms with Gasteiger partial charge >= 0.3 is 0 Å². The Balaban J connectivity index is 2.34. The molecule has 0 spiro atoms. The zero-order valence-electron chi connectivity index (χ0n) is 10.9.